The zero-order valence-corrected chi connectivity index (χ0v) is 12.6. The summed E-state index contributed by atoms with van der Waals surface area (Å²) in [6, 6.07) is -0.790. The largest absolute Gasteiger partial charge is 0.465 e. The van der Waals surface area contributed by atoms with E-state index in [9.17, 15) is 14.4 Å². The number of esters is 2. The minimum Gasteiger partial charge on any atom is -0.465 e. The van der Waals surface area contributed by atoms with Crippen molar-refractivity contribution in [2.75, 3.05) is 6.61 Å². The second-order valence-electron chi connectivity index (χ2n) is 5.46. The molecule has 1 aliphatic rings. The van der Waals surface area contributed by atoms with E-state index in [1.54, 1.807) is 27.7 Å². The zero-order valence-electron chi connectivity index (χ0n) is 12.6. The van der Waals surface area contributed by atoms with E-state index in [-0.39, 0.29) is 13.0 Å². The topological polar surface area (TPSA) is 120 Å². The molecule has 0 aliphatic carbocycles. The van der Waals surface area contributed by atoms with Crippen molar-refractivity contribution in [3.8, 4) is 0 Å². The van der Waals surface area contributed by atoms with Crippen LogP contribution in [0.5, 0.6) is 0 Å². The van der Waals surface area contributed by atoms with Crippen molar-refractivity contribution in [2.24, 2.45) is 11.1 Å². The Hall–Kier alpha value is -2.25. The second kappa shape index (κ2) is 6.02. The molecule has 1 atom stereocenters. The number of hydrazine groups is 1. The molecule has 8 heteroatoms. The molecule has 21 heavy (non-hydrogen) atoms. The van der Waals surface area contributed by atoms with Gasteiger partial charge in [0, 0.05) is 12.1 Å². The average molecular weight is 299 g/mol. The number of hydrogen-bond acceptors (Lipinski definition) is 6. The molecule has 1 saturated heterocycles. The molecule has 8 nitrogen and oxygen atoms in total. The minimum absolute atomic E-state index is 0.146. The summed E-state index contributed by atoms with van der Waals surface area (Å²) < 4.78 is 10.2. The summed E-state index contributed by atoms with van der Waals surface area (Å²) in [5, 5.41) is 0. The molecule has 0 aromatic rings. The van der Waals surface area contributed by atoms with Gasteiger partial charge in [-0.15, -0.1) is 0 Å². The van der Waals surface area contributed by atoms with Crippen molar-refractivity contribution in [3.05, 3.63) is 11.8 Å². The van der Waals surface area contributed by atoms with Crippen LogP contribution in [0.1, 0.15) is 34.1 Å². The SMILES string of the molecule is CCOC(=O)C1(C=C(C)NNC(N)=O)CC(C)(C)OC1=O. The van der Waals surface area contributed by atoms with E-state index >= 15 is 0 Å². The zero-order chi connectivity index (χ0) is 16.3. The monoisotopic (exact) mass is 299 g/mol. The normalized spacial score (nSPS) is 24.2. The molecule has 118 valence electrons. The van der Waals surface area contributed by atoms with E-state index in [0.717, 1.165) is 0 Å². The Kier molecular flexibility index (Phi) is 4.82. The number of hydrogen-bond donors (Lipinski definition) is 3. The minimum atomic E-state index is -1.53. The van der Waals surface area contributed by atoms with Gasteiger partial charge in [-0.1, -0.05) is 0 Å². The molecule has 0 spiro atoms. The molecule has 0 aromatic heterocycles. The predicted octanol–water partition coefficient (Wildman–Crippen LogP) is 0.338. The van der Waals surface area contributed by atoms with E-state index in [1.165, 1.54) is 6.08 Å². The van der Waals surface area contributed by atoms with E-state index in [1.807, 2.05) is 0 Å². The number of amides is 2. The van der Waals surface area contributed by atoms with Crippen molar-refractivity contribution in [2.45, 2.75) is 39.7 Å². The van der Waals surface area contributed by atoms with E-state index in [4.69, 9.17) is 15.2 Å². The summed E-state index contributed by atoms with van der Waals surface area (Å²) in [6.07, 6.45) is 1.53. The van der Waals surface area contributed by atoms with Gasteiger partial charge in [0.1, 0.15) is 5.60 Å². The van der Waals surface area contributed by atoms with Gasteiger partial charge in [0.15, 0.2) is 5.41 Å². The lowest BCUT2D eigenvalue weighted by atomic mass is 9.80. The van der Waals surface area contributed by atoms with Crippen molar-refractivity contribution >= 4 is 18.0 Å². The highest BCUT2D eigenvalue weighted by atomic mass is 16.6. The van der Waals surface area contributed by atoms with Crippen LogP contribution < -0.4 is 16.6 Å². The first kappa shape index (κ1) is 16.8. The third-order valence-corrected chi connectivity index (χ3v) is 2.92. The first-order valence-electron chi connectivity index (χ1n) is 6.54. The molecular formula is C13H21N3O5. The smallest absolute Gasteiger partial charge is 0.330 e. The molecule has 1 unspecified atom stereocenters. The molecule has 0 bridgehead atoms. The Morgan fingerprint density at radius 2 is 2.05 bits per heavy atom. The van der Waals surface area contributed by atoms with Crippen molar-refractivity contribution in [1.29, 1.82) is 0 Å². The summed E-state index contributed by atoms with van der Waals surface area (Å²) in [4.78, 5) is 35.1. The third-order valence-electron chi connectivity index (χ3n) is 2.92. The maximum Gasteiger partial charge on any atom is 0.330 e. The van der Waals surface area contributed by atoms with Gasteiger partial charge in [-0.3, -0.25) is 15.0 Å². The number of nitrogens with one attached hydrogen (secondary N) is 2. The summed E-state index contributed by atoms with van der Waals surface area (Å²) in [7, 11) is 0. The first-order chi connectivity index (χ1) is 9.63. The van der Waals surface area contributed by atoms with Crippen LogP contribution in [0.4, 0.5) is 4.79 Å². The van der Waals surface area contributed by atoms with Crippen LogP contribution in [0.3, 0.4) is 0 Å². The van der Waals surface area contributed by atoms with Crippen LogP contribution in [0.2, 0.25) is 0 Å². The van der Waals surface area contributed by atoms with Gasteiger partial charge in [-0.25, -0.2) is 4.79 Å². The van der Waals surface area contributed by atoms with Gasteiger partial charge in [-0.2, -0.15) is 0 Å². The highest BCUT2D eigenvalue weighted by molar-refractivity contribution is 6.04. The summed E-state index contributed by atoms with van der Waals surface area (Å²) >= 11 is 0. The van der Waals surface area contributed by atoms with Crippen LogP contribution in [-0.2, 0) is 19.1 Å². The lowest BCUT2D eigenvalue weighted by Crippen LogP contribution is -2.42. The molecule has 1 heterocycles. The highest BCUT2D eigenvalue weighted by Gasteiger charge is 2.57. The van der Waals surface area contributed by atoms with Gasteiger partial charge in [0.2, 0.25) is 0 Å². The third kappa shape index (κ3) is 3.87. The fourth-order valence-corrected chi connectivity index (χ4v) is 2.27. The number of ether oxygens (including phenoxy) is 2. The van der Waals surface area contributed by atoms with Crippen LogP contribution in [0.25, 0.3) is 0 Å². The fourth-order valence-electron chi connectivity index (χ4n) is 2.27. The second-order valence-corrected chi connectivity index (χ2v) is 5.46. The Bertz CT molecular complexity index is 486. The fraction of sp³-hybridized carbons (Fsp3) is 0.615. The standard InChI is InChI=1S/C13H21N3O5/c1-5-20-9(17)13(6-8(2)15-16-11(14)19)7-12(3,4)21-10(13)18/h6,15H,5,7H2,1-4H3,(H3,14,16,19). The van der Waals surface area contributed by atoms with Gasteiger partial charge in [-0.05, 0) is 33.8 Å². The number of rotatable bonds is 5. The number of allylic oxidation sites excluding steroid dienone is 1. The maximum atomic E-state index is 12.2. The number of carbonyl (C=O) groups excluding carboxylic acids is 3. The predicted molar refractivity (Wildman–Crippen MR) is 73.5 cm³/mol. The van der Waals surface area contributed by atoms with Crippen LogP contribution in [-0.4, -0.2) is 30.2 Å². The van der Waals surface area contributed by atoms with E-state index in [0.29, 0.717) is 5.70 Å². The van der Waals surface area contributed by atoms with Gasteiger partial charge in [0.25, 0.3) is 0 Å². The number of primary amides is 1. The summed E-state index contributed by atoms with van der Waals surface area (Å²) in [6.45, 7) is 6.80. The van der Waals surface area contributed by atoms with Gasteiger partial charge in [0.05, 0.1) is 6.61 Å². The Balaban J connectivity index is 3.09. The number of nitrogens with two attached hydrogens (primary N) is 1. The molecule has 1 aliphatic heterocycles. The maximum absolute atomic E-state index is 12.2. The quantitative estimate of drug-likeness (QED) is 0.382. The molecule has 0 radical (unpaired) electrons. The van der Waals surface area contributed by atoms with Crippen molar-refractivity contribution < 1.29 is 23.9 Å². The van der Waals surface area contributed by atoms with Crippen molar-refractivity contribution in [3.63, 3.8) is 0 Å². The Morgan fingerprint density at radius 1 is 1.43 bits per heavy atom. The Labute approximate surface area is 123 Å². The van der Waals surface area contributed by atoms with Crippen molar-refractivity contribution in [1.82, 2.24) is 10.9 Å². The van der Waals surface area contributed by atoms with Crippen LogP contribution in [0.15, 0.2) is 11.8 Å². The number of carbonyl (C=O) groups is 3. The van der Waals surface area contributed by atoms with Crippen LogP contribution in [0, 0.1) is 5.41 Å². The van der Waals surface area contributed by atoms with Gasteiger partial charge < -0.3 is 20.6 Å². The van der Waals surface area contributed by atoms with E-state index in [2.05, 4.69) is 10.9 Å². The average Bonchev–Trinajstić information content (AvgIpc) is 2.57. The summed E-state index contributed by atoms with van der Waals surface area (Å²) in [5.74, 6) is -1.35. The van der Waals surface area contributed by atoms with Gasteiger partial charge >= 0.3 is 18.0 Å². The first-order valence-corrected chi connectivity index (χ1v) is 6.54. The Morgan fingerprint density at radius 3 is 2.48 bits per heavy atom. The molecular weight excluding hydrogens is 278 g/mol. The molecule has 2 amide bonds. The van der Waals surface area contributed by atoms with E-state index < -0.39 is 29.0 Å². The highest BCUT2D eigenvalue weighted by Crippen LogP contribution is 2.43. The lowest BCUT2D eigenvalue weighted by molar-refractivity contribution is -0.162. The molecule has 0 aromatic carbocycles. The molecule has 1 rings (SSSR count). The lowest BCUT2D eigenvalue weighted by Gasteiger charge is -2.21. The number of urea groups is 1. The van der Waals surface area contributed by atoms with Crippen LogP contribution >= 0.6 is 0 Å². The molecule has 0 saturated carbocycles. The molecule has 4 N–H and O–H groups in total. The molecule has 1 fully saturated rings. The number of cyclic esters (lactones) is 1. The summed E-state index contributed by atoms with van der Waals surface area (Å²) in [5.41, 5.74) is 7.66.